The molecule has 1 aliphatic heterocycles. The van der Waals surface area contributed by atoms with Gasteiger partial charge in [-0.05, 0) is 6.42 Å². The Morgan fingerprint density at radius 1 is 1.58 bits per heavy atom. The molecule has 3 atom stereocenters. The van der Waals surface area contributed by atoms with Crippen LogP contribution in [0.15, 0.2) is 15.8 Å². The standard InChI is InChI=1S/C12H19N3O4/c1-2-3-7-5-15(12(18)14-11(7)17)10-4-8(13)9(6-16)19-10/h5,8-10,16H,2-4,6,13H2,1H3,(H,14,17,18)/t8?,9-,10-/m1/s1. The molecule has 0 saturated carbocycles. The molecule has 2 rings (SSSR count). The fourth-order valence-electron chi connectivity index (χ4n) is 2.29. The van der Waals surface area contributed by atoms with Gasteiger partial charge in [-0.25, -0.2) is 4.79 Å². The Kier molecular flexibility index (Phi) is 4.18. The second-order valence-corrected chi connectivity index (χ2v) is 4.78. The van der Waals surface area contributed by atoms with E-state index in [9.17, 15) is 9.59 Å². The molecule has 106 valence electrons. The van der Waals surface area contributed by atoms with Crippen molar-refractivity contribution in [3.8, 4) is 0 Å². The average Bonchev–Trinajstić information content (AvgIpc) is 2.74. The summed E-state index contributed by atoms with van der Waals surface area (Å²) in [7, 11) is 0. The lowest BCUT2D eigenvalue weighted by molar-refractivity contribution is -0.0272. The van der Waals surface area contributed by atoms with Crippen LogP contribution in [0.4, 0.5) is 0 Å². The Balaban J connectivity index is 2.33. The van der Waals surface area contributed by atoms with Crippen LogP contribution >= 0.6 is 0 Å². The highest BCUT2D eigenvalue weighted by molar-refractivity contribution is 5.05. The van der Waals surface area contributed by atoms with Crippen molar-refractivity contribution in [3.05, 3.63) is 32.6 Å². The third-order valence-corrected chi connectivity index (χ3v) is 3.33. The van der Waals surface area contributed by atoms with Gasteiger partial charge in [0, 0.05) is 24.2 Å². The molecule has 0 aromatic carbocycles. The Morgan fingerprint density at radius 2 is 2.32 bits per heavy atom. The molecule has 1 aromatic rings. The highest BCUT2D eigenvalue weighted by atomic mass is 16.5. The second kappa shape index (κ2) is 5.68. The molecule has 1 fully saturated rings. The van der Waals surface area contributed by atoms with Gasteiger partial charge >= 0.3 is 5.69 Å². The van der Waals surface area contributed by atoms with Gasteiger partial charge in [0.05, 0.1) is 12.7 Å². The van der Waals surface area contributed by atoms with Gasteiger partial charge in [-0.2, -0.15) is 0 Å². The molecule has 4 N–H and O–H groups in total. The number of aromatic amines is 1. The number of nitrogens with two attached hydrogens (primary N) is 1. The number of aryl methyl sites for hydroxylation is 1. The molecule has 1 aromatic heterocycles. The summed E-state index contributed by atoms with van der Waals surface area (Å²) in [4.78, 5) is 25.7. The van der Waals surface area contributed by atoms with Gasteiger partial charge in [0.2, 0.25) is 0 Å². The number of rotatable bonds is 4. The Bertz CT molecular complexity index is 551. The first kappa shape index (κ1) is 14.0. The zero-order valence-corrected chi connectivity index (χ0v) is 10.8. The fourth-order valence-corrected chi connectivity index (χ4v) is 2.29. The van der Waals surface area contributed by atoms with Crippen LogP contribution in [-0.2, 0) is 11.2 Å². The van der Waals surface area contributed by atoms with Crippen molar-refractivity contribution < 1.29 is 9.84 Å². The molecular weight excluding hydrogens is 250 g/mol. The van der Waals surface area contributed by atoms with Crippen molar-refractivity contribution in [1.29, 1.82) is 0 Å². The highest BCUT2D eigenvalue weighted by Gasteiger charge is 2.33. The van der Waals surface area contributed by atoms with Gasteiger partial charge in [-0.3, -0.25) is 14.3 Å². The van der Waals surface area contributed by atoms with Gasteiger partial charge in [0.1, 0.15) is 6.23 Å². The highest BCUT2D eigenvalue weighted by Crippen LogP contribution is 2.25. The number of hydrogen-bond acceptors (Lipinski definition) is 5. The summed E-state index contributed by atoms with van der Waals surface area (Å²) in [5.74, 6) is 0. The fraction of sp³-hybridized carbons (Fsp3) is 0.667. The van der Waals surface area contributed by atoms with E-state index >= 15 is 0 Å². The summed E-state index contributed by atoms with van der Waals surface area (Å²) in [6.07, 6.45) is 2.36. The molecule has 2 heterocycles. The first-order chi connectivity index (χ1) is 9.06. The number of aromatic nitrogens is 2. The molecule has 0 radical (unpaired) electrons. The number of ether oxygens (including phenoxy) is 1. The quantitative estimate of drug-likeness (QED) is 0.656. The normalized spacial score (nSPS) is 26.8. The Morgan fingerprint density at radius 3 is 2.89 bits per heavy atom. The van der Waals surface area contributed by atoms with Crippen molar-refractivity contribution in [2.75, 3.05) is 6.61 Å². The van der Waals surface area contributed by atoms with E-state index in [1.54, 1.807) is 0 Å². The van der Waals surface area contributed by atoms with Crippen LogP contribution in [-0.4, -0.2) is 33.4 Å². The minimum atomic E-state index is -0.535. The first-order valence-electron chi connectivity index (χ1n) is 6.43. The van der Waals surface area contributed by atoms with Crippen molar-refractivity contribution in [2.45, 2.75) is 44.6 Å². The number of aliphatic hydroxyl groups excluding tert-OH is 1. The summed E-state index contributed by atoms with van der Waals surface area (Å²) in [5, 5.41) is 9.10. The second-order valence-electron chi connectivity index (χ2n) is 4.78. The molecule has 0 aliphatic carbocycles. The monoisotopic (exact) mass is 269 g/mol. The van der Waals surface area contributed by atoms with Crippen LogP contribution in [0.1, 0.15) is 31.6 Å². The number of nitrogens with zero attached hydrogens (tertiary/aromatic N) is 1. The molecule has 1 saturated heterocycles. The van der Waals surface area contributed by atoms with Crippen molar-refractivity contribution in [1.82, 2.24) is 9.55 Å². The maximum atomic E-state index is 11.8. The van der Waals surface area contributed by atoms with E-state index in [1.807, 2.05) is 6.92 Å². The summed E-state index contributed by atoms with van der Waals surface area (Å²) >= 11 is 0. The van der Waals surface area contributed by atoms with Gasteiger partial charge in [0.15, 0.2) is 0 Å². The van der Waals surface area contributed by atoms with E-state index in [4.69, 9.17) is 15.6 Å². The van der Waals surface area contributed by atoms with Crippen molar-refractivity contribution >= 4 is 0 Å². The Hall–Kier alpha value is -1.44. The number of hydrogen-bond donors (Lipinski definition) is 3. The lowest BCUT2D eigenvalue weighted by Crippen LogP contribution is -2.34. The third kappa shape index (κ3) is 2.78. The van der Waals surface area contributed by atoms with E-state index in [0.29, 0.717) is 18.4 Å². The van der Waals surface area contributed by atoms with Crippen LogP contribution in [0.25, 0.3) is 0 Å². The Labute approximate surface area is 110 Å². The summed E-state index contributed by atoms with van der Waals surface area (Å²) in [5.41, 5.74) is 5.50. The lowest BCUT2D eigenvalue weighted by Gasteiger charge is -2.15. The van der Waals surface area contributed by atoms with Crippen LogP contribution in [0, 0.1) is 0 Å². The maximum absolute atomic E-state index is 11.8. The number of nitrogens with one attached hydrogen (secondary N) is 1. The summed E-state index contributed by atoms with van der Waals surface area (Å²) < 4.78 is 6.88. The van der Waals surface area contributed by atoms with Crippen LogP contribution in [0.3, 0.4) is 0 Å². The SMILES string of the molecule is CCCc1cn([C@H]2CC(N)[C@@H](CO)O2)c(=O)[nH]c1=O. The van der Waals surface area contributed by atoms with Gasteiger partial charge in [-0.15, -0.1) is 0 Å². The smallest absolute Gasteiger partial charge is 0.330 e. The largest absolute Gasteiger partial charge is 0.394 e. The van der Waals surface area contributed by atoms with Crippen molar-refractivity contribution in [2.24, 2.45) is 5.73 Å². The molecule has 7 heteroatoms. The molecule has 0 amide bonds. The predicted octanol–water partition coefficient (Wildman–Crippen LogP) is -0.904. The summed E-state index contributed by atoms with van der Waals surface area (Å²) in [6.45, 7) is 1.77. The minimum Gasteiger partial charge on any atom is -0.394 e. The zero-order chi connectivity index (χ0) is 14.0. The first-order valence-corrected chi connectivity index (χ1v) is 6.43. The van der Waals surface area contributed by atoms with E-state index < -0.39 is 18.0 Å². The van der Waals surface area contributed by atoms with Crippen LogP contribution in [0.2, 0.25) is 0 Å². The van der Waals surface area contributed by atoms with Crippen LogP contribution < -0.4 is 17.0 Å². The zero-order valence-electron chi connectivity index (χ0n) is 10.8. The third-order valence-electron chi connectivity index (χ3n) is 3.33. The minimum absolute atomic E-state index is 0.183. The molecular formula is C12H19N3O4. The van der Waals surface area contributed by atoms with E-state index in [2.05, 4.69) is 4.98 Å². The van der Waals surface area contributed by atoms with Gasteiger partial charge in [0.25, 0.3) is 5.56 Å². The predicted molar refractivity (Wildman–Crippen MR) is 68.9 cm³/mol. The average molecular weight is 269 g/mol. The van der Waals surface area contributed by atoms with E-state index in [1.165, 1.54) is 10.8 Å². The van der Waals surface area contributed by atoms with E-state index in [-0.39, 0.29) is 18.2 Å². The molecule has 7 nitrogen and oxygen atoms in total. The molecule has 0 bridgehead atoms. The maximum Gasteiger partial charge on any atom is 0.330 e. The molecule has 0 spiro atoms. The number of aliphatic hydroxyl groups is 1. The van der Waals surface area contributed by atoms with Gasteiger partial charge < -0.3 is 15.6 Å². The van der Waals surface area contributed by atoms with Gasteiger partial charge in [-0.1, -0.05) is 13.3 Å². The van der Waals surface area contributed by atoms with Crippen molar-refractivity contribution in [3.63, 3.8) is 0 Å². The van der Waals surface area contributed by atoms with Crippen LogP contribution in [0.5, 0.6) is 0 Å². The topological polar surface area (TPSA) is 110 Å². The molecule has 1 aliphatic rings. The molecule has 1 unspecified atom stereocenters. The summed E-state index contributed by atoms with van der Waals surface area (Å²) in [6, 6.07) is -0.316. The van der Waals surface area contributed by atoms with E-state index in [0.717, 1.165) is 6.42 Å². The lowest BCUT2D eigenvalue weighted by atomic mass is 10.1. The molecule has 19 heavy (non-hydrogen) atoms. The number of H-pyrrole nitrogens is 1.